The Morgan fingerprint density at radius 1 is 1.14 bits per heavy atom. The molecule has 0 N–H and O–H groups in total. The van der Waals surface area contributed by atoms with Crippen LogP contribution in [0.5, 0.6) is 11.5 Å². The van der Waals surface area contributed by atoms with Crippen molar-refractivity contribution in [3.63, 3.8) is 0 Å². The molecule has 1 atom stereocenters. The molecule has 1 heterocycles. The van der Waals surface area contributed by atoms with Gasteiger partial charge < -0.3 is 19.3 Å². The third-order valence-electron chi connectivity index (χ3n) is 6.15. The monoisotopic (exact) mass is 388 g/mol. The normalized spacial score (nSPS) is 20.3. The lowest BCUT2D eigenvalue weighted by Crippen LogP contribution is -2.42. The first kappa shape index (κ1) is 20.5. The van der Waals surface area contributed by atoms with Crippen molar-refractivity contribution in [2.45, 2.75) is 51.0 Å². The van der Waals surface area contributed by atoms with Gasteiger partial charge in [0.05, 0.1) is 20.1 Å². The zero-order valence-corrected chi connectivity index (χ0v) is 17.3. The molecule has 3 rings (SSSR count). The van der Waals surface area contributed by atoms with E-state index < -0.39 is 0 Å². The van der Waals surface area contributed by atoms with Gasteiger partial charge in [-0.3, -0.25) is 9.59 Å². The van der Waals surface area contributed by atoms with Crippen LogP contribution in [0.25, 0.3) is 0 Å². The van der Waals surface area contributed by atoms with E-state index in [0.29, 0.717) is 37.1 Å². The first-order valence-electron chi connectivity index (χ1n) is 10.3. The summed E-state index contributed by atoms with van der Waals surface area (Å²) in [6.07, 6.45) is 6.90. The van der Waals surface area contributed by atoms with Crippen LogP contribution >= 0.6 is 0 Å². The molecule has 28 heavy (non-hydrogen) atoms. The van der Waals surface area contributed by atoms with E-state index in [1.165, 1.54) is 19.3 Å². The van der Waals surface area contributed by atoms with Crippen molar-refractivity contribution in [2.24, 2.45) is 5.92 Å². The zero-order valence-electron chi connectivity index (χ0n) is 17.3. The van der Waals surface area contributed by atoms with Crippen LogP contribution < -0.4 is 9.47 Å². The van der Waals surface area contributed by atoms with Crippen molar-refractivity contribution >= 4 is 11.8 Å². The van der Waals surface area contributed by atoms with Gasteiger partial charge in [0.2, 0.25) is 11.8 Å². The van der Waals surface area contributed by atoms with Crippen molar-refractivity contribution in [3.8, 4) is 11.5 Å². The fraction of sp³-hybridized carbons (Fsp3) is 0.636. The molecule has 6 nitrogen and oxygen atoms in total. The Morgan fingerprint density at radius 3 is 2.54 bits per heavy atom. The summed E-state index contributed by atoms with van der Waals surface area (Å²) in [5.41, 5.74) is 1.08. The molecule has 1 aliphatic heterocycles. The van der Waals surface area contributed by atoms with Gasteiger partial charge in [-0.2, -0.15) is 0 Å². The van der Waals surface area contributed by atoms with Crippen LogP contribution in [0.1, 0.15) is 44.1 Å². The predicted octanol–water partition coefficient (Wildman–Crippen LogP) is 2.89. The van der Waals surface area contributed by atoms with E-state index in [0.717, 1.165) is 24.8 Å². The quantitative estimate of drug-likeness (QED) is 0.721. The molecule has 1 aromatic rings. The number of rotatable bonds is 7. The van der Waals surface area contributed by atoms with Crippen molar-refractivity contribution in [1.82, 2.24) is 9.80 Å². The molecule has 1 aliphatic carbocycles. The van der Waals surface area contributed by atoms with Crippen molar-refractivity contribution in [3.05, 3.63) is 23.8 Å². The fourth-order valence-corrected chi connectivity index (χ4v) is 4.39. The predicted molar refractivity (Wildman–Crippen MR) is 108 cm³/mol. The molecular weight excluding hydrogens is 356 g/mol. The third kappa shape index (κ3) is 4.59. The Kier molecular flexibility index (Phi) is 6.81. The topological polar surface area (TPSA) is 59.1 Å². The second kappa shape index (κ2) is 9.30. The lowest BCUT2D eigenvalue weighted by molar-refractivity contribution is -0.137. The number of ether oxygens (including phenoxy) is 2. The van der Waals surface area contributed by atoms with Crippen molar-refractivity contribution in [1.29, 1.82) is 0 Å². The van der Waals surface area contributed by atoms with E-state index in [1.54, 1.807) is 14.2 Å². The highest BCUT2D eigenvalue weighted by molar-refractivity contribution is 5.89. The number of carbonyl (C=O) groups excluding carboxylic acids is 2. The molecule has 0 aromatic heterocycles. The SMILES string of the molecule is COc1ccc(CCN2CC(C(=O)N(C)C3CCCCC3)CC2=O)cc1OC. The number of nitrogens with zero attached hydrogens (tertiary/aromatic N) is 2. The van der Waals surface area contributed by atoms with E-state index in [-0.39, 0.29) is 17.7 Å². The highest BCUT2D eigenvalue weighted by Crippen LogP contribution is 2.29. The molecule has 1 saturated carbocycles. The van der Waals surface area contributed by atoms with Crippen LogP contribution in [0.4, 0.5) is 0 Å². The molecule has 6 heteroatoms. The Balaban J connectivity index is 1.55. The number of amides is 2. The largest absolute Gasteiger partial charge is 0.493 e. The molecule has 1 unspecified atom stereocenters. The van der Waals surface area contributed by atoms with E-state index in [1.807, 2.05) is 35.0 Å². The average molecular weight is 389 g/mol. The number of carbonyl (C=O) groups is 2. The van der Waals surface area contributed by atoms with E-state index in [2.05, 4.69) is 0 Å². The number of hydrogen-bond donors (Lipinski definition) is 0. The minimum Gasteiger partial charge on any atom is -0.493 e. The average Bonchev–Trinajstić information content (AvgIpc) is 3.12. The van der Waals surface area contributed by atoms with Crippen LogP contribution in [-0.2, 0) is 16.0 Å². The van der Waals surface area contributed by atoms with Gasteiger partial charge >= 0.3 is 0 Å². The maximum Gasteiger partial charge on any atom is 0.227 e. The van der Waals surface area contributed by atoms with Gasteiger partial charge in [0.1, 0.15) is 0 Å². The Hall–Kier alpha value is -2.24. The van der Waals surface area contributed by atoms with Crippen LogP contribution in [0.15, 0.2) is 18.2 Å². The summed E-state index contributed by atoms with van der Waals surface area (Å²) in [6.45, 7) is 1.15. The first-order chi connectivity index (χ1) is 13.5. The van der Waals surface area contributed by atoms with E-state index in [9.17, 15) is 9.59 Å². The van der Waals surface area contributed by atoms with Crippen molar-refractivity contribution in [2.75, 3.05) is 34.4 Å². The molecule has 2 fully saturated rings. The summed E-state index contributed by atoms with van der Waals surface area (Å²) in [5, 5.41) is 0. The van der Waals surface area contributed by atoms with Gasteiger partial charge in [0.25, 0.3) is 0 Å². The molecule has 0 radical (unpaired) electrons. The van der Waals surface area contributed by atoms with Gasteiger partial charge in [-0.25, -0.2) is 0 Å². The number of hydrogen-bond acceptors (Lipinski definition) is 4. The molecule has 2 amide bonds. The minimum atomic E-state index is -0.204. The maximum atomic E-state index is 12.9. The third-order valence-corrected chi connectivity index (χ3v) is 6.15. The molecule has 154 valence electrons. The summed E-state index contributed by atoms with van der Waals surface area (Å²) in [7, 11) is 5.14. The molecule has 0 bridgehead atoms. The fourth-order valence-electron chi connectivity index (χ4n) is 4.39. The molecule has 1 saturated heterocycles. The molecule has 1 aromatic carbocycles. The van der Waals surface area contributed by atoms with Gasteiger partial charge in [-0.05, 0) is 37.0 Å². The number of benzene rings is 1. The van der Waals surface area contributed by atoms with E-state index >= 15 is 0 Å². The first-order valence-corrected chi connectivity index (χ1v) is 10.3. The molecular formula is C22H32N2O4. The van der Waals surface area contributed by atoms with Crippen LogP contribution in [0.2, 0.25) is 0 Å². The van der Waals surface area contributed by atoms with E-state index in [4.69, 9.17) is 9.47 Å². The summed E-state index contributed by atoms with van der Waals surface area (Å²) in [4.78, 5) is 29.1. The van der Waals surface area contributed by atoms with Crippen LogP contribution in [0.3, 0.4) is 0 Å². The van der Waals surface area contributed by atoms with Gasteiger partial charge in [-0.15, -0.1) is 0 Å². The number of likely N-dealkylation sites (tertiary alicyclic amines) is 1. The smallest absolute Gasteiger partial charge is 0.227 e. The second-order valence-electron chi connectivity index (χ2n) is 7.92. The maximum absolute atomic E-state index is 12.9. The molecule has 2 aliphatic rings. The molecule has 0 spiro atoms. The Bertz CT molecular complexity index is 700. The van der Waals surface area contributed by atoms with Crippen molar-refractivity contribution < 1.29 is 19.1 Å². The minimum absolute atomic E-state index is 0.0795. The zero-order chi connectivity index (χ0) is 20.1. The summed E-state index contributed by atoms with van der Waals surface area (Å²) in [6, 6.07) is 6.16. The second-order valence-corrected chi connectivity index (χ2v) is 7.92. The highest BCUT2D eigenvalue weighted by Gasteiger charge is 2.37. The van der Waals surface area contributed by atoms with Gasteiger partial charge in [0, 0.05) is 32.6 Å². The Labute approximate surface area is 167 Å². The van der Waals surface area contributed by atoms with Crippen LogP contribution in [0, 0.1) is 5.92 Å². The Morgan fingerprint density at radius 2 is 1.86 bits per heavy atom. The van der Waals surface area contributed by atoms with Gasteiger partial charge in [0.15, 0.2) is 11.5 Å². The summed E-state index contributed by atoms with van der Waals surface area (Å²) in [5.74, 6) is 1.39. The summed E-state index contributed by atoms with van der Waals surface area (Å²) < 4.78 is 10.6. The standard InChI is InChI=1S/C22H32N2O4/c1-23(18-7-5-4-6-8-18)22(26)17-14-21(25)24(15-17)12-11-16-9-10-19(27-2)20(13-16)28-3/h9-10,13,17-18H,4-8,11-12,14-15H2,1-3H3. The number of methoxy groups -OCH3 is 2. The highest BCUT2D eigenvalue weighted by atomic mass is 16.5. The van der Waals surface area contributed by atoms with Gasteiger partial charge in [-0.1, -0.05) is 25.3 Å². The van der Waals surface area contributed by atoms with Crippen LogP contribution in [-0.4, -0.2) is 62.0 Å². The lowest BCUT2D eigenvalue weighted by Gasteiger charge is -2.32. The lowest BCUT2D eigenvalue weighted by atomic mass is 9.93. The summed E-state index contributed by atoms with van der Waals surface area (Å²) >= 11 is 0.